The van der Waals surface area contributed by atoms with Crippen molar-refractivity contribution >= 4 is 51.0 Å². The van der Waals surface area contributed by atoms with Crippen LogP contribution < -0.4 is 16.0 Å². The molecule has 4 heterocycles. The first-order chi connectivity index (χ1) is 16.8. The normalized spacial score (nSPS) is 15.3. The Hall–Kier alpha value is -2.20. The van der Waals surface area contributed by atoms with Crippen LogP contribution in [0.2, 0.25) is 0 Å². The van der Waals surface area contributed by atoms with Crippen molar-refractivity contribution in [3.63, 3.8) is 0 Å². The number of anilines is 1. The molecule has 0 atom stereocenters. The molecule has 2 aliphatic rings. The van der Waals surface area contributed by atoms with Crippen LogP contribution in [-0.2, 0) is 37.1 Å². The minimum Gasteiger partial charge on any atom is -0.456 e. The number of amides is 2. The summed E-state index contributed by atoms with van der Waals surface area (Å²) in [7, 11) is 0. The number of ether oxygens (including phenoxy) is 1. The first kappa shape index (κ1) is 24.5. The minimum atomic E-state index is -0.592. The standard InChI is InChI=1S/C26H31N3O3S3/c1-26(2,3)32-24(30)21-17-6-4-5-7-19(17)35-23(21)29-25(31)28-12-18-16-8-10-27-13-20(16)34-22(18)15-9-11-33-14-15/h9,11,14,27H,4-8,10,12-13H2,1-3H3,(H2,28,29,31). The lowest BCUT2D eigenvalue weighted by Crippen LogP contribution is -2.30. The van der Waals surface area contributed by atoms with Gasteiger partial charge in [0.25, 0.3) is 0 Å². The van der Waals surface area contributed by atoms with Gasteiger partial charge in [-0.2, -0.15) is 11.3 Å². The first-order valence-electron chi connectivity index (χ1n) is 12.1. The maximum Gasteiger partial charge on any atom is 0.341 e. The van der Waals surface area contributed by atoms with Gasteiger partial charge in [0.05, 0.1) is 5.56 Å². The van der Waals surface area contributed by atoms with E-state index in [1.165, 1.54) is 42.7 Å². The third-order valence-electron chi connectivity index (χ3n) is 6.25. The molecule has 9 heteroatoms. The van der Waals surface area contributed by atoms with Gasteiger partial charge in [0.2, 0.25) is 0 Å². The van der Waals surface area contributed by atoms with Crippen LogP contribution in [0.1, 0.15) is 70.4 Å². The highest BCUT2D eigenvalue weighted by atomic mass is 32.1. The summed E-state index contributed by atoms with van der Waals surface area (Å²) in [6, 6.07) is 1.85. The van der Waals surface area contributed by atoms with Gasteiger partial charge in [0.15, 0.2) is 0 Å². The van der Waals surface area contributed by atoms with Crippen molar-refractivity contribution in [1.82, 2.24) is 10.6 Å². The van der Waals surface area contributed by atoms with Crippen molar-refractivity contribution in [2.75, 3.05) is 11.9 Å². The molecule has 5 rings (SSSR count). The Morgan fingerprint density at radius 1 is 1.09 bits per heavy atom. The predicted molar refractivity (Wildman–Crippen MR) is 145 cm³/mol. The van der Waals surface area contributed by atoms with Crippen LogP contribution >= 0.6 is 34.0 Å². The van der Waals surface area contributed by atoms with Crippen LogP contribution in [-0.4, -0.2) is 24.1 Å². The summed E-state index contributed by atoms with van der Waals surface area (Å²) in [4.78, 5) is 29.9. The van der Waals surface area contributed by atoms with Crippen LogP contribution in [0.25, 0.3) is 10.4 Å². The lowest BCUT2D eigenvalue weighted by molar-refractivity contribution is 0.00699. The van der Waals surface area contributed by atoms with Crippen LogP contribution in [0.4, 0.5) is 9.80 Å². The van der Waals surface area contributed by atoms with E-state index >= 15 is 0 Å². The molecule has 1 aliphatic heterocycles. The number of thiophene rings is 3. The SMILES string of the molecule is CC(C)(C)OC(=O)c1c(NC(=O)NCc2c(-c3ccsc3)sc3c2CCNC3)sc2c1CCCC2. The molecule has 35 heavy (non-hydrogen) atoms. The van der Waals surface area contributed by atoms with E-state index in [-0.39, 0.29) is 12.0 Å². The fraction of sp³-hybridized carbons (Fsp3) is 0.462. The van der Waals surface area contributed by atoms with E-state index in [9.17, 15) is 9.59 Å². The fourth-order valence-corrected chi connectivity index (χ4v) is 8.06. The second kappa shape index (κ2) is 10.0. The largest absolute Gasteiger partial charge is 0.456 e. The second-order valence-electron chi connectivity index (χ2n) is 9.97. The lowest BCUT2D eigenvalue weighted by atomic mass is 9.95. The maximum atomic E-state index is 13.1. The summed E-state index contributed by atoms with van der Waals surface area (Å²) in [6.45, 7) is 7.88. The third kappa shape index (κ3) is 5.33. The summed E-state index contributed by atoms with van der Waals surface area (Å²) in [5.41, 5.74) is 4.77. The number of esters is 1. The number of rotatable bonds is 5. The van der Waals surface area contributed by atoms with Crippen molar-refractivity contribution < 1.29 is 14.3 Å². The molecule has 0 saturated heterocycles. The Morgan fingerprint density at radius 2 is 1.91 bits per heavy atom. The molecule has 0 aromatic carbocycles. The zero-order valence-corrected chi connectivity index (χ0v) is 22.8. The quantitative estimate of drug-likeness (QED) is 0.337. The summed E-state index contributed by atoms with van der Waals surface area (Å²) >= 11 is 5.02. The van der Waals surface area contributed by atoms with E-state index in [2.05, 4.69) is 32.8 Å². The van der Waals surface area contributed by atoms with Gasteiger partial charge < -0.3 is 15.4 Å². The molecule has 0 unspecified atom stereocenters. The second-order valence-corrected chi connectivity index (χ2v) is 13.0. The molecule has 3 aromatic rings. The van der Waals surface area contributed by atoms with E-state index in [0.717, 1.165) is 50.8 Å². The summed E-state index contributed by atoms with van der Waals surface area (Å²) in [5, 5.41) is 14.4. The molecule has 3 aromatic heterocycles. The molecule has 2 amide bonds. The average molecular weight is 530 g/mol. The van der Waals surface area contributed by atoms with Gasteiger partial charge in [-0.25, -0.2) is 9.59 Å². The zero-order valence-electron chi connectivity index (χ0n) is 20.3. The molecule has 0 spiro atoms. The van der Waals surface area contributed by atoms with Gasteiger partial charge in [-0.15, -0.1) is 22.7 Å². The van der Waals surface area contributed by atoms with Crippen molar-refractivity contribution in [3.8, 4) is 10.4 Å². The van der Waals surface area contributed by atoms with Crippen molar-refractivity contribution in [1.29, 1.82) is 0 Å². The van der Waals surface area contributed by atoms with Gasteiger partial charge >= 0.3 is 12.0 Å². The molecule has 0 bridgehead atoms. The molecule has 186 valence electrons. The lowest BCUT2D eigenvalue weighted by Gasteiger charge is -2.21. The molecule has 0 saturated carbocycles. The minimum absolute atomic E-state index is 0.293. The highest BCUT2D eigenvalue weighted by Gasteiger charge is 2.30. The Balaban J connectivity index is 1.36. The van der Waals surface area contributed by atoms with Gasteiger partial charge in [-0.1, -0.05) is 0 Å². The van der Waals surface area contributed by atoms with Gasteiger partial charge in [0, 0.05) is 33.3 Å². The third-order valence-corrected chi connectivity index (χ3v) is 9.46. The van der Waals surface area contributed by atoms with Gasteiger partial charge in [0.1, 0.15) is 10.6 Å². The fourth-order valence-electron chi connectivity index (χ4n) is 4.73. The number of hydrogen-bond acceptors (Lipinski definition) is 7. The molecule has 0 radical (unpaired) electrons. The predicted octanol–water partition coefficient (Wildman–Crippen LogP) is 6.34. The summed E-state index contributed by atoms with van der Waals surface area (Å²) < 4.78 is 5.70. The molecule has 1 aliphatic carbocycles. The van der Waals surface area contributed by atoms with Gasteiger partial charge in [-0.3, -0.25) is 5.32 Å². The van der Waals surface area contributed by atoms with Crippen LogP contribution in [0.3, 0.4) is 0 Å². The molecular formula is C26H31N3O3S3. The van der Waals surface area contributed by atoms with E-state index in [0.29, 0.717) is 17.1 Å². The molecule has 3 N–H and O–H groups in total. The van der Waals surface area contributed by atoms with E-state index < -0.39 is 5.60 Å². The van der Waals surface area contributed by atoms with Crippen molar-refractivity contribution in [3.05, 3.63) is 48.8 Å². The average Bonchev–Trinajstić information content (AvgIpc) is 3.53. The first-order valence-corrected chi connectivity index (χ1v) is 14.7. The van der Waals surface area contributed by atoms with E-state index in [1.54, 1.807) is 11.3 Å². The van der Waals surface area contributed by atoms with Crippen LogP contribution in [0.5, 0.6) is 0 Å². The topological polar surface area (TPSA) is 79.5 Å². The Labute approximate surface area is 218 Å². The highest BCUT2D eigenvalue weighted by Crippen LogP contribution is 2.40. The van der Waals surface area contributed by atoms with Crippen molar-refractivity contribution in [2.24, 2.45) is 0 Å². The van der Waals surface area contributed by atoms with Crippen LogP contribution in [0.15, 0.2) is 16.8 Å². The number of fused-ring (bicyclic) bond motifs is 2. The number of hydrogen-bond donors (Lipinski definition) is 3. The van der Waals surface area contributed by atoms with Gasteiger partial charge in [-0.05, 0) is 92.9 Å². The summed E-state index contributed by atoms with van der Waals surface area (Å²) in [6.07, 6.45) is 4.92. The molecular weight excluding hydrogens is 499 g/mol. The molecule has 6 nitrogen and oxygen atoms in total. The number of carbonyl (C=O) groups is 2. The smallest absolute Gasteiger partial charge is 0.341 e. The number of aryl methyl sites for hydroxylation is 1. The highest BCUT2D eigenvalue weighted by molar-refractivity contribution is 7.17. The summed E-state index contributed by atoms with van der Waals surface area (Å²) in [5.74, 6) is -0.355. The Bertz CT molecular complexity index is 1240. The van der Waals surface area contributed by atoms with E-state index in [4.69, 9.17) is 4.74 Å². The van der Waals surface area contributed by atoms with Crippen LogP contribution in [0, 0.1) is 0 Å². The Kier molecular flexibility index (Phi) is 7.03. The maximum absolute atomic E-state index is 13.1. The van der Waals surface area contributed by atoms with E-state index in [1.807, 2.05) is 32.1 Å². The van der Waals surface area contributed by atoms with Crippen molar-refractivity contribution in [2.45, 2.75) is 71.6 Å². The number of carbonyl (C=O) groups excluding carboxylic acids is 2. The monoisotopic (exact) mass is 529 g/mol. The molecule has 0 fully saturated rings. The number of nitrogens with one attached hydrogen (secondary N) is 3. The Morgan fingerprint density at radius 3 is 2.69 bits per heavy atom. The zero-order chi connectivity index (χ0) is 24.6. The number of urea groups is 1.